The number of carbonyl (C=O) groups excluding carboxylic acids is 2. The van der Waals surface area contributed by atoms with Crippen LogP contribution < -0.4 is 16.2 Å². The smallest absolute Gasteiger partial charge is 0.333 e. The number of benzene rings is 1. The molecule has 1 rings (SSSR count). The minimum atomic E-state index is -0.752. The number of halogens is 2. The molecule has 0 fully saturated rings. The van der Waals surface area contributed by atoms with Crippen LogP contribution >= 0.6 is 11.6 Å². The number of rotatable bonds is 4. The maximum Gasteiger partial charge on any atom is 0.333 e. The number of nitrogens with one attached hydrogen (secondary N) is 3. The summed E-state index contributed by atoms with van der Waals surface area (Å²) < 4.78 is 13.4. The van der Waals surface area contributed by atoms with E-state index >= 15 is 0 Å². The molecule has 0 radical (unpaired) electrons. The fourth-order valence-corrected chi connectivity index (χ4v) is 1.44. The summed E-state index contributed by atoms with van der Waals surface area (Å²) in [6.45, 7) is 2.50. The van der Waals surface area contributed by atoms with Gasteiger partial charge >= 0.3 is 6.03 Å². The molecule has 0 saturated heterocycles. The van der Waals surface area contributed by atoms with Crippen molar-refractivity contribution in [2.24, 2.45) is 0 Å². The molecule has 0 aromatic heterocycles. The SMILES string of the molecule is CCCCNC(=O)NNC(=O)c1ccc(Cl)cc1F. The van der Waals surface area contributed by atoms with Crippen molar-refractivity contribution in [1.29, 1.82) is 0 Å². The number of hydrogen-bond donors (Lipinski definition) is 3. The molecule has 0 aliphatic rings. The number of hydrogen-bond acceptors (Lipinski definition) is 2. The van der Waals surface area contributed by atoms with E-state index in [1.54, 1.807) is 0 Å². The van der Waals surface area contributed by atoms with Gasteiger partial charge in [-0.05, 0) is 24.6 Å². The van der Waals surface area contributed by atoms with Crippen LogP contribution in [0.2, 0.25) is 5.02 Å². The second kappa shape index (κ2) is 7.58. The fraction of sp³-hybridized carbons (Fsp3) is 0.333. The molecule has 0 atom stereocenters. The third kappa shape index (κ3) is 5.13. The van der Waals surface area contributed by atoms with Crippen LogP contribution in [0.4, 0.5) is 9.18 Å². The molecule has 7 heteroatoms. The molecule has 19 heavy (non-hydrogen) atoms. The second-order valence-electron chi connectivity index (χ2n) is 3.81. The van der Waals surface area contributed by atoms with E-state index in [1.807, 2.05) is 6.92 Å². The van der Waals surface area contributed by atoms with Gasteiger partial charge in [0.15, 0.2) is 0 Å². The molecule has 0 aliphatic heterocycles. The maximum atomic E-state index is 13.4. The van der Waals surface area contributed by atoms with Crippen LogP contribution in [0.15, 0.2) is 18.2 Å². The number of amides is 3. The molecule has 0 bridgehead atoms. The summed E-state index contributed by atoms with van der Waals surface area (Å²) in [5, 5.41) is 2.73. The lowest BCUT2D eigenvalue weighted by molar-refractivity contribution is 0.0932. The van der Waals surface area contributed by atoms with E-state index in [2.05, 4.69) is 16.2 Å². The molecule has 3 N–H and O–H groups in total. The van der Waals surface area contributed by atoms with Gasteiger partial charge in [0, 0.05) is 11.6 Å². The van der Waals surface area contributed by atoms with Gasteiger partial charge in [0.2, 0.25) is 0 Å². The van der Waals surface area contributed by atoms with Crippen molar-refractivity contribution in [2.75, 3.05) is 6.54 Å². The summed E-state index contributed by atoms with van der Waals surface area (Å²) in [6, 6.07) is 3.11. The minimum Gasteiger partial charge on any atom is -0.337 e. The van der Waals surface area contributed by atoms with Gasteiger partial charge < -0.3 is 5.32 Å². The first-order valence-corrected chi connectivity index (χ1v) is 6.21. The van der Waals surface area contributed by atoms with Crippen LogP contribution in [0.1, 0.15) is 30.1 Å². The Labute approximate surface area is 115 Å². The van der Waals surface area contributed by atoms with Crippen molar-refractivity contribution in [3.05, 3.63) is 34.6 Å². The number of hydrazine groups is 1. The summed E-state index contributed by atoms with van der Waals surface area (Å²) in [7, 11) is 0. The number of unbranched alkanes of at least 4 members (excludes halogenated alkanes) is 1. The summed E-state index contributed by atoms with van der Waals surface area (Å²) in [6.07, 6.45) is 1.79. The van der Waals surface area contributed by atoms with Gasteiger partial charge in [0.05, 0.1) is 5.56 Å². The molecule has 3 amide bonds. The molecular weight excluding hydrogens is 273 g/mol. The third-order valence-electron chi connectivity index (χ3n) is 2.28. The van der Waals surface area contributed by atoms with Gasteiger partial charge in [0.1, 0.15) is 5.82 Å². The van der Waals surface area contributed by atoms with E-state index in [0.29, 0.717) is 6.54 Å². The lowest BCUT2D eigenvalue weighted by Crippen LogP contribution is -2.47. The van der Waals surface area contributed by atoms with E-state index in [4.69, 9.17) is 11.6 Å². The van der Waals surface area contributed by atoms with Crippen molar-refractivity contribution >= 4 is 23.5 Å². The molecule has 0 spiro atoms. The molecule has 0 aliphatic carbocycles. The molecular formula is C12H15ClFN3O2. The zero-order chi connectivity index (χ0) is 14.3. The standard InChI is InChI=1S/C12H15ClFN3O2/c1-2-3-6-15-12(19)17-16-11(18)9-5-4-8(13)7-10(9)14/h4-5,7H,2-3,6H2,1H3,(H,16,18)(H2,15,17,19). The lowest BCUT2D eigenvalue weighted by atomic mass is 10.2. The van der Waals surface area contributed by atoms with Gasteiger partial charge in [-0.2, -0.15) is 0 Å². The van der Waals surface area contributed by atoms with Crippen molar-refractivity contribution in [3.8, 4) is 0 Å². The van der Waals surface area contributed by atoms with E-state index in [1.165, 1.54) is 12.1 Å². The van der Waals surface area contributed by atoms with Crippen molar-refractivity contribution in [2.45, 2.75) is 19.8 Å². The van der Waals surface area contributed by atoms with Crippen LogP contribution in [0.5, 0.6) is 0 Å². The van der Waals surface area contributed by atoms with E-state index in [0.717, 1.165) is 18.9 Å². The van der Waals surface area contributed by atoms with Crippen LogP contribution in [0, 0.1) is 5.82 Å². The molecule has 0 heterocycles. The summed E-state index contributed by atoms with van der Waals surface area (Å²) >= 11 is 5.57. The Kier molecular flexibility index (Phi) is 6.08. The highest BCUT2D eigenvalue weighted by molar-refractivity contribution is 6.30. The molecule has 1 aromatic carbocycles. The average Bonchev–Trinajstić information content (AvgIpc) is 2.36. The molecule has 5 nitrogen and oxygen atoms in total. The topological polar surface area (TPSA) is 70.2 Å². The Bertz CT molecular complexity index is 468. The Morgan fingerprint density at radius 1 is 1.32 bits per heavy atom. The van der Waals surface area contributed by atoms with Gasteiger partial charge in [-0.1, -0.05) is 24.9 Å². The van der Waals surface area contributed by atoms with Gasteiger partial charge in [-0.15, -0.1) is 0 Å². The lowest BCUT2D eigenvalue weighted by Gasteiger charge is -2.09. The quantitative estimate of drug-likeness (QED) is 0.587. The van der Waals surface area contributed by atoms with Crippen molar-refractivity contribution in [3.63, 3.8) is 0 Å². The summed E-state index contributed by atoms with van der Waals surface area (Å²) in [5.41, 5.74) is 4.04. The van der Waals surface area contributed by atoms with Crippen molar-refractivity contribution < 1.29 is 14.0 Å². The summed E-state index contributed by atoms with van der Waals surface area (Å²) in [4.78, 5) is 22.8. The summed E-state index contributed by atoms with van der Waals surface area (Å²) in [5.74, 6) is -1.50. The normalized spacial score (nSPS) is 9.84. The van der Waals surface area contributed by atoms with Crippen molar-refractivity contribution in [1.82, 2.24) is 16.2 Å². The first-order chi connectivity index (χ1) is 9.04. The Morgan fingerprint density at radius 2 is 2.05 bits per heavy atom. The minimum absolute atomic E-state index is 0.194. The molecule has 0 unspecified atom stereocenters. The number of urea groups is 1. The maximum absolute atomic E-state index is 13.4. The van der Waals surface area contributed by atoms with Crippen LogP contribution in [0.3, 0.4) is 0 Å². The van der Waals surface area contributed by atoms with Crippen LogP contribution in [0.25, 0.3) is 0 Å². The zero-order valence-electron chi connectivity index (χ0n) is 10.4. The predicted octanol–water partition coefficient (Wildman–Crippen LogP) is 2.22. The van der Waals surface area contributed by atoms with E-state index < -0.39 is 17.8 Å². The highest BCUT2D eigenvalue weighted by Crippen LogP contribution is 2.14. The largest absolute Gasteiger partial charge is 0.337 e. The second-order valence-corrected chi connectivity index (χ2v) is 4.25. The number of carbonyl (C=O) groups is 2. The molecule has 1 aromatic rings. The fourth-order valence-electron chi connectivity index (χ4n) is 1.28. The van der Waals surface area contributed by atoms with Gasteiger partial charge in [0.25, 0.3) is 5.91 Å². The average molecular weight is 288 g/mol. The molecule has 0 saturated carbocycles. The van der Waals surface area contributed by atoms with Gasteiger partial charge in [-0.25, -0.2) is 14.6 Å². The third-order valence-corrected chi connectivity index (χ3v) is 2.52. The van der Waals surface area contributed by atoms with E-state index in [-0.39, 0.29) is 10.6 Å². The predicted molar refractivity (Wildman–Crippen MR) is 70.3 cm³/mol. The molecule has 104 valence electrons. The highest BCUT2D eigenvalue weighted by atomic mass is 35.5. The van der Waals surface area contributed by atoms with Gasteiger partial charge in [-0.3, -0.25) is 10.2 Å². The Morgan fingerprint density at radius 3 is 2.68 bits per heavy atom. The monoisotopic (exact) mass is 287 g/mol. The van der Waals surface area contributed by atoms with Crippen LogP contribution in [-0.2, 0) is 0 Å². The van der Waals surface area contributed by atoms with Crippen LogP contribution in [-0.4, -0.2) is 18.5 Å². The highest BCUT2D eigenvalue weighted by Gasteiger charge is 2.12. The Hall–Kier alpha value is -1.82. The Balaban J connectivity index is 2.45. The first kappa shape index (κ1) is 15.2. The van der Waals surface area contributed by atoms with E-state index in [9.17, 15) is 14.0 Å². The first-order valence-electron chi connectivity index (χ1n) is 5.83. The zero-order valence-corrected chi connectivity index (χ0v) is 11.2.